The van der Waals surface area contributed by atoms with Crippen LogP contribution in [0.3, 0.4) is 0 Å². The highest BCUT2D eigenvalue weighted by molar-refractivity contribution is 7.89. The van der Waals surface area contributed by atoms with Crippen molar-refractivity contribution in [3.05, 3.63) is 54.6 Å². The summed E-state index contributed by atoms with van der Waals surface area (Å²) < 4.78 is 32.4. The zero-order valence-corrected chi connectivity index (χ0v) is 15.8. The van der Waals surface area contributed by atoms with Gasteiger partial charge in [0.1, 0.15) is 5.75 Å². The Labute approximate surface area is 154 Å². The van der Waals surface area contributed by atoms with Crippen LogP contribution < -0.4 is 14.8 Å². The minimum Gasteiger partial charge on any atom is -0.481 e. The topological polar surface area (TPSA) is 84.5 Å². The average molecular weight is 376 g/mol. The normalized spacial score (nSPS) is 12.4. The number of unbranched alkanes of at least 4 members (excludes halogenated alkanes) is 1. The fourth-order valence-corrected chi connectivity index (χ4v) is 3.26. The number of sulfonamides is 1. The highest BCUT2D eigenvalue weighted by Crippen LogP contribution is 2.16. The van der Waals surface area contributed by atoms with Crippen LogP contribution in [0.1, 0.15) is 26.7 Å². The van der Waals surface area contributed by atoms with Gasteiger partial charge in [-0.3, -0.25) is 4.79 Å². The SMILES string of the molecule is CCCCNS(=O)(=O)c1ccc(NC(=O)C(C)Oc2ccccc2)cc1. The van der Waals surface area contributed by atoms with Gasteiger partial charge in [0, 0.05) is 12.2 Å². The third kappa shape index (κ3) is 5.86. The third-order valence-electron chi connectivity index (χ3n) is 3.68. The quantitative estimate of drug-likeness (QED) is 0.659. The number of anilines is 1. The molecule has 6 nitrogen and oxygen atoms in total. The van der Waals surface area contributed by atoms with Crippen molar-refractivity contribution in [1.82, 2.24) is 4.72 Å². The molecule has 1 atom stereocenters. The molecular weight excluding hydrogens is 352 g/mol. The van der Waals surface area contributed by atoms with Gasteiger partial charge in [0.15, 0.2) is 6.10 Å². The summed E-state index contributed by atoms with van der Waals surface area (Å²) in [5, 5.41) is 2.71. The number of hydrogen-bond acceptors (Lipinski definition) is 4. The molecule has 26 heavy (non-hydrogen) atoms. The second-order valence-electron chi connectivity index (χ2n) is 5.84. The van der Waals surface area contributed by atoms with Crippen molar-refractivity contribution in [1.29, 1.82) is 0 Å². The fourth-order valence-electron chi connectivity index (χ4n) is 2.18. The van der Waals surface area contributed by atoms with Crippen molar-refractivity contribution in [3.63, 3.8) is 0 Å². The molecule has 2 aromatic carbocycles. The predicted molar refractivity (Wildman–Crippen MR) is 102 cm³/mol. The number of carbonyl (C=O) groups excluding carboxylic acids is 1. The number of benzene rings is 2. The van der Waals surface area contributed by atoms with Crippen molar-refractivity contribution in [2.24, 2.45) is 0 Å². The first-order chi connectivity index (χ1) is 12.4. The van der Waals surface area contributed by atoms with Crippen LogP contribution in [0.2, 0.25) is 0 Å². The summed E-state index contributed by atoms with van der Waals surface area (Å²) >= 11 is 0. The lowest BCUT2D eigenvalue weighted by molar-refractivity contribution is -0.122. The van der Waals surface area contributed by atoms with Gasteiger partial charge in [-0.25, -0.2) is 13.1 Å². The van der Waals surface area contributed by atoms with Crippen molar-refractivity contribution in [2.75, 3.05) is 11.9 Å². The van der Waals surface area contributed by atoms with Crippen molar-refractivity contribution >= 4 is 21.6 Å². The van der Waals surface area contributed by atoms with E-state index >= 15 is 0 Å². The number of amides is 1. The first-order valence-electron chi connectivity index (χ1n) is 8.54. The number of hydrogen-bond donors (Lipinski definition) is 2. The van der Waals surface area contributed by atoms with Crippen LogP contribution in [0.5, 0.6) is 5.75 Å². The Balaban J connectivity index is 1.94. The molecule has 140 valence electrons. The van der Waals surface area contributed by atoms with Gasteiger partial charge >= 0.3 is 0 Å². The molecule has 1 amide bonds. The van der Waals surface area contributed by atoms with Crippen molar-refractivity contribution < 1.29 is 17.9 Å². The molecule has 0 saturated carbocycles. The van der Waals surface area contributed by atoms with E-state index < -0.39 is 16.1 Å². The number of ether oxygens (including phenoxy) is 1. The third-order valence-corrected chi connectivity index (χ3v) is 5.16. The Bertz CT molecular complexity index is 805. The summed E-state index contributed by atoms with van der Waals surface area (Å²) in [6, 6.07) is 15.1. The van der Waals surface area contributed by atoms with E-state index in [1.807, 2.05) is 25.1 Å². The lowest BCUT2D eigenvalue weighted by atomic mass is 10.3. The smallest absolute Gasteiger partial charge is 0.265 e. The molecule has 0 bridgehead atoms. The first-order valence-corrected chi connectivity index (χ1v) is 10.0. The van der Waals surface area contributed by atoms with Crippen LogP contribution in [0.4, 0.5) is 5.69 Å². The average Bonchev–Trinajstić information content (AvgIpc) is 2.63. The Morgan fingerprint density at radius 1 is 1.08 bits per heavy atom. The summed E-state index contributed by atoms with van der Waals surface area (Å²) in [6.07, 6.45) is 1.01. The van der Waals surface area contributed by atoms with Gasteiger partial charge in [-0.05, 0) is 49.7 Å². The molecule has 0 aliphatic heterocycles. The minimum absolute atomic E-state index is 0.167. The predicted octanol–water partition coefficient (Wildman–Crippen LogP) is 3.17. The summed E-state index contributed by atoms with van der Waals surface area (Å²) in [7, 11) is -3.52. The number of carbonyl (C=O) groups is 1. The molecule has 2 aromatic rings. The summed E-state index contributed by atoms with van der Waals surface area (Å²) in [5.41, 5.74) is 0.506. The van der Waals surface area contributed by atoms with E-state index in [0.717, 1.165) is 12.8 Å². The summed E-state index contributed by atoms with van der Waals surface area (Å²) in [5.74, 6) is 0.292. The molecule has 0 heterocycles. The van der Waals surface area contributed by atoms with Gasteiger partial charge in [-0.1, -0.05) is 31.5 Å². The Kier molecular flexibility index (Phi) is 7.17. The summed E-state index contributed by atoms with van der Waals surface area (Å²) in [4.78, 5) is 12.4. The van der Waals surface area contributed by atoms with Crippen molar-refractivity contribution in [3.8, 4) is 5.75 Å². The van der Waals surface area contributed by atoms with E-state index in [-0.39, 0.29) is 10.8 Å². The van der Waals surface area contributed by atoms with E-state index in [1.165, 1.54) is 12.1 Å². The van der Waals surface area contributed by atoms with Gasteiger partial charge in [0.2, 0.25) is 10.0 Å². The van der Waals surface area contributed by atoms with E-state index in [4.69, 9.17) is 4.74 Å². The molecule has 0 saturated heterocycles. The maximum atomic E-state index is 12.2. The lowest BCUT2D eigenvalue weighted by Gasteiger charge is -2.15. The lowest BCUT2D eigenvalue weighted by Crippen LogP contribution is -2.30. The van der Waals surface area contributed by atoms with Crippen LogP contribution in [0.15, 0.2) is 59.5 Å². The Hall–Kier alpha value is -2.38. The van der Waals surface area contributed by atoms with Gasteiger partial charge < -0.3 is 10.1 Å². The van der Waals surface area contributed by atoms with Crippen LogP contribution in [0.25, 0.3) is 0 Å². The zero-order chi connectivity index (χ0) is 19.0. The van der Waals surface area contributed by atoms with Crippen LogP contribution >= 0.6 is 0 Å². The fraction of sp³-hybridized carbons (Fsp3) is 0.316. The molecule has 0 aromatic heterocycles. The van der Waals surface area contributed by atoms with Crippen LogP contribution in [0, 0.1) is 0 Å². The van der Waals surface area contributed by atoms with Crippen LogP contribution in [-0.4, -0.2) is 27.0 Å². The highest BCUT2D eigenvalue weighted by Gasteiger charge is 2.16. The standard InChI is InChI=1S/C19H24N2O4S/c1-3-4-14-20-26(23,24)18-12-10-16(11-13-18)21-19(22)15(2)25-17-8-6-5-7-9-17/h5-13,15,20H,3-4,14H2,1-2H3,(H,21,22). The monoisotopic (exact) mass is 376 g/mol. The van der Waals surface area contributed by atoms with Gasteiger partial charge in [-0.15, -0.1) is 0 Å². The van der Waals surface area contributed by atoms with Gasteiger partial charge in [-0.2, -0.15) is 0 Å². The van der Waals surface area contributed by atoms with E-state index in [1.54, 1.807) is 31.2 Å². The maximum absolute atomic E-state index is 12.2. The molecular formula is C19H24N2O4S. The van der Waals surface area contributed by atoms with Gasteiger partial charge in [0.05, 0.1) is 4.90 Å². The molecule has 0 fully saturated rings. The molecule has 0 spiro atoms. The van der Waals surface area contributed by atoms with Crippen molar-refractivity contribution in [2.45, 2.75) is 37.7 Å². The molecule has 0 aliphatic carbocycles. The summed E-state index contributed by atoms with van der Waals surface area (Å²) in [6.45, 7) is 4.05. The minimum atomic E-state index is -3.52. The maximum Gasteiger partial charge on any atom is 0.265 e. The molecule has 0 aliphatic rings. The molecule has 2 N–H and O–H groups in total. The first kappa shape index (κ1) is 19.9. The molecule has 1 unspecified atom stereocenters. The second kappa shape index (κ2) is 9.35. The van der Waals surface area contributed by atoms with Gasteiger partial charge in [0.25, 0.3) is 5.91 Å². The van der Waals surface area contributed by atoms with E-state index in [2.05, 4.69) is 10.0 Å². The number of para-hydroxylation sites is 1. The largest absolute Gasteiger partial charge is 0.481 e. The molecule has 2 rings (SSSR count). The molecule has 0 radical (unpaired) electrons. The van der Waals surface area contributed by atoms with E-state index in [9.17, 15) is 13.2 Å². The Morgan fingerprint density at radius 3 is 2.35 bits per heavy atom. The Morgan fingerprint density at radius 2 is 1.73 bits per heavy atom. The number of rotatable bonds is 9. The zero-order valence-electron chi connectivity index (χ0n) is 14.9. The number of nitrogens with one attached hydrogen (secondary N) is 2. The van der Waals surface area contributed by atoms with Crippen LogP contribution in [-0.2, 0) is 14.8 Å². The highest BCUT2D eigenvalue weighted by atomic mass is 32.2. The molecule has 7 heteroatoms. The van der Waals surface area contributed by atoms with E-state index in [0.29, 0.717) is 18.0 Å². The second-order valence-corrected chi connectivity index (χ2v) is 7.61.